The number of hydrogen-bond donors (Lipinski definition) is 0. The van der Waals surface area contributed by atoms with E-state index in [4.69, 9.17) is 4.42 Å². The summed E-state index contributed by atoms with van der Waals surface area (Å²) < 4.78 is 5.03. The molecule has 1 fully saturated rings. The Morgan fingerprint density at radius 3 is 2.68 bits per heavy atom. The minimum atomic E-state index is -0.157. The molecule has 0 saturated carbocycles. The van der Waals surface area contributed by atoms with Crippen LogP contribution in [0.2, 0.25) is 0 Å². The van der Waals surface area contributed by atoms with Gasteiger partial charge in [0.2, 0.25) is 0 Å². The first kappa shape index (κ1) is 13.7. The molecule has 0 aromatic carbocycles. The van der Waals surface area contributed by atoms with Gasteiger partial charge in [0.15, 0.2) is 0 Å². The van der Waals surface area contributed by atoms with Crippen LogP contribution in [0.5, 0.6) is 0 Å². The summed E-state index contributed by atoms with van der Waals surface area (Å²) in [5.41, 5.74) is 0.468. The lowest BCUT2D eigenvalue weighted by Gasteiger charge is -2.46. The third-order valence-electron chi connectivity index (χ3n) is 3.91. The van der Waals surface area contributed by atoms with E-state index >= 15 is 0 Å². The molecule has 0 aliphatic carbocycles. The zero-order chi connectivity index (χ0) is 13.7. The number of likely N-dealkylation sites (tertiary alicyclic amines) is 1. The van der Waals surface area contributed by atoms with Crippen molar-refractivity contribution in [3.63, 3.8) is 0 Å². The SMILES string of the molecule is C=CCC1(CC=C)CCCCN1C(=O)c1ccoc1. The van der Waals surface area contributed by atoms with E-state index in [1.165, 1.54) is 6.26 Å². The van der Waals surface area contributed by atoms with Crippen LogP contribution in [0.25, 0.3) is 0 Å². The smallest absolute Gasteiger partial charge is 0.257 e. The molecule has 1 aromatic heterocycles. The van der Waals surface area contributed by atoms with Gasteiger partial charge >= 0.3 is 0 Å². The fourth-order valence-corrected chi connectivity index (χ4v) is 3.00. The van der Waals surface area contributed by atoms with Crippen molar-refractivity contribution >= 4 is 5.91 Å². The van der Waals surface area contributed by atoms with Crippen molar-refractivity contribution in [1.29, 1.82) is 0 Å². The van der Waals surface area contributed by atoms with Crippen LogP contribution < -0.4 is 0 Å². The lowest BCUT2D eigenvalue weighted by molar-refractivity contribution is 0.0329. The fraction of sp³-hybridized carbons (Fsp3) is 0.438. The lowest BCUT2D eigenvalue weighted by atomic mass is 9.80. The summed E-state index contributed by atoms with van der Waals surface area (Å²) in [6.45, 7) is 8.49. The molecule has 1 aliphatic heterocycles. The van der Waals surface area contributed by atoms with E-state index in [0.29, 0.717) is 5.56 Å². The predicted molar refractivity (Wildman–Crippen MR) is 76.0 cm³/mol. The molecule has 102 valence electrons. The summed E-state index contributed by atoms with van der Waals surface area (Å²) in [5.74, 6) is 0.0529. The van der Waals surface area contributed by atoms with Gasteiger partial charge in [-0.05, 0) is 38.2 Å². The first-order valence-electron chi connectivity index (χ1n) is 6.79. The van der Waals surface area contributed by atoms with E-state index in [-0.39, 0.29) is 11.4 Å². The van der Waals surface area contributed by atoms with E-state index in [2.05, 4.69) is 13.2 Å². The van der Waals surface area contributed by atoms with Gasteiger partial charge in [-0.3, -0.25) is 4.79 Å². The van der Waals surface area contributed by atoms with E-state index in [1.54, 1.807) is 12.3 Å². The maximum absolute atomic E-state index is 12.6. The third-order valence-corrected chi connectivity index (χ3v) is 3.91. The van der Waals surface area contributed by atoms with Gasteiger partial charge < -0.3 is 9.32 Å². The average Bonchev–Trinajstić information content (AvgIpc) is 2.93. The van der Waals surface area contributed by atoms with Crippen LogP contribution in [-0.4, -0.2) is 22.9 Å². The van der Waals surface area contributed by atoms with Gasteiger partial charge in [-0.1, -0.05) is 12.2 Å². The van der Waals surface area contributed by atoms with Crippen molar-refractivity contribution in [3.8, 4) is 0 Å². The normalized spacial score (nSPS) is 18.0. The van der Waals surface area contributed by atoms with Gasteiger partial charge in [0.1, 0.15) is 6.26 Å². The Bertz CT molecular complexity index is 437. The Kier molecular flexibility index (Phi) is 4.25. The number of carbonyl (C=O) groups is 1. The number of hydrogen-bond acceptors (Lipinski definition) is 2. The molecule has 19 heavy (non-hydrogen) atoms. The molecule has 0 radical (unpaired) electrons. The molecule has 0 spiro atoms. The second-order valence-corrected chi connectivity index (χ2v) is 5.14. The van der Waals surface area contributed by atoms with Crippen LogP contribution in [0, 0.1) is 0 Å². The van der Waals surface area contributed by atoms with E-state index in [1.807, 2.05) is 17.1 Å². The molecular weight excluding hydrogens is 238 g/mol. The Morgan fingerprint density at radius 1 is 1.37 bits per heavy atom. The Balaban J connectivity index is 2.30. The second-order valence-electron chi connectivity index (χ2n) is 5.14. The summed E-state index contributed by atoms with van der Waals surface area (Å²) in [6, 6.07) is 1.73. The monoisotopic (exact) mass is 259 g/mol. The molecule has 0 atom stereocenters. The molecule has 1 aromatic rings. The predicted octanol–water partition coefficient (Wildman–Crippen LogP) is 3.80. The Hall–Kier alpha value is -1.77. The number of piperidine rings is 1. The fourth-order valence-electron chi connectivity index (χ4n) is 3.00. The molecule has 3 nitrogen and oxygen atoms in total. The molecule has 1 saturated heterocycles. The molecule has 0 bridgehead atoms. The molecule has 0 N–H and O–H groups in total. The number of nitrogens with zero attached hydrogens (tertiary/aromatic N) is 1. The van der Waals surface area contributed by atoms with Crippen LogP contribution in [0.3, 0.4) is 0 Å². The largest absolute Gasteiger partial charge is 0.472 e. The molecular formula is C16H21NO2. The Morgan fingerprint density at radius 2 is 2.11 bits per heavy atom. The highest BCUT2D eigenvalue weighted by Gasteiger charge is 2.39. The quantitative estimate of drug-likeness (QED) is 0.754. The summed E-state index contributed by atoms with van der Waals surface area (Å²) >= 11 is 0. The van der Waals surface area contributed by atoms with Gasteiger partial charge in [-0.25, -0.2) is 0 Å². The minimum absolute atomic E-state index is 0.0529. The van der Waals surface area contributed by atoms with Gasteiger partial charge in [0.05, 0.1) is 17.4 Å². The van der Waals surface area contributed by atoms with Crippen molar-refractivity contribution in [2.24, 2.45) is 0 Å². The summed E-state index contributed by atoms with van der Waals surface area (Å²) in [6.07, 6.45) is 11.7. The third kappa shape index (κ3) is 2.65. The van der Waals surface area contributed by atoms with Crippen LogP contribution in [0.4, 0.5) is 0 Å². The summed E-state index contributed by atoms with van der Waals surface area (Å²) in [5, 5.41) is 0. The summed E-state index contributed by atoms with van der Waals surface area (Å²) in [7, 11) is 0. The van der Waals surface area contributed by atoms with Crippen LogP contribution in [0.1, 0.15) is 42.5 Å². The van der Waals surface area contributed by atoms with Crippen molar-refractivity contribution < 1.29 is 9.21 Å². The highest BCUT2D eigenvalue weighted by molar-refractivity contribution is 5.94. The van der Waals surface area contributed by atoms with Gasteiger partial charge in [0.25, 0.3) is 5.91 Å². The van der Waals surface area contributed by atoms with E-state index in [9.17, 15) is 4.79 Å². The average molecular weight is 259 g/mol. The highest BCUT2D eigenvalue weighted by Crippen LogP contribution is 2.36. The van der Waals surface area contributed by atoms with E-state index < -0.39 is 0 Å². The van der Waals surface area contributed by atoms with Gasteiger partial charge in [-0.2, -0.15) is 0 Å². The van der Waals surface area contributed by atoms with Gasteiger partial charge in [0, 0.05) is 6.54 Å². The molecule has 3 heteroatoms. The molecule has 2 rings (SSSR count). The first-order chi connectivity index (χ1) is 9.23. The number of carbonyl (C=O) groups excluding carboxylic acids is 1. The number of amides is 1. The van der Waals surface area contributed by atoms with Crippen molar-refractivity contribution in [2.45, 2.75) is 37.6 Å². The molecule has 1 amide bonds. The zero-order valence-corrected chi connectivity index (χ0v) is 11.3. The highest BCUT2D eigenvalue weighted by atomic mass is 16.3. The van der Waals surface area contributed by atoms with Crippen LogP contribution >= 0.6 is 0 Å². The van der Waals surface area contributed by atoms with E-state index in [0.717, 1.165) is 38.6 Å². The maximum atomic E-state index is 12.6. The first-order valence-corrected chi connectivity index (χ1v) is 6.79. The van der Waals surface area contributed by atoms with Crippen molar-refractivity contribution in [2.75, 3.05) is 6.54 Å². The van der Waals surface area contributed by atoms with Crippen molar-refractivity contribution in [1.82, 2.24) is 4.90 Å². The standard InChI is InChI=1S/C16H21NO2/c1-3-8-16(9-4-2)10-5-6-11-17(16)15(18)14-7-12-19-13-14/h3-4,7,12-13H,1-2,5-6,8-11H2. The Labute approximate surface area is 114 Å². The molecule has 0 unspecified atom stereocenters. The second kappa shape index (κ2) is 5.91. The topological polar surface area (TPSA) is 33.5 Å². The molecule has 2 heterocycles. The maximum Gasteiger partial charge on any atom is 0.257 e. The van der Waals surface area contributed by atoms with Crippen LogP contribution in [0.15, 0.2) is 48.3 Å². The number of rotatable bonds is 5. The number of furan rings is 1. The summed E-state index contributed by atoms with van der Waals surface area (Å²) in [4.78, 5) is 14.6. The zero-order valence-electron chi connectivity index (χ0n) is 11.3. The van der Waals surface area contributed by atoms with Gasteiger partial charge in [-0.15, -0.1) is 13.2 Å². The minimum Gasteiger partial charge on any atom is -0.472 e. The van der Waals surface area contributed by atoms with Crippen LogP contribution in [-0.2, 0) is 0 Å². The molecule has 1 aliphatic rings. The lowest BCUT2D eigenvalue weighted by Crippen LogP contribution is -2.54. The van der Waals surface area contributed by atoms with Crippen molar-refractivity contribution in [3.05, 3.63) is 49.5 Å².